The quantitative estimate of drug-likeness (QED) is 0.915. The number of hydrogen-bond donors (Lipinski definition) is 1. The average molecular weight is 343 g/mol. The molecule has 1 heterocycles. The first-order chi connectivity index (χ1) is 9.43. The molecule has 1 saturated heterocycles. The Kier molecular flexibility index (Phi) is 4.42. The summed E-state index contributed by atoms with van der Waals surface area (Å²) in [6, 6.07) is 3.59. The number of hydrogen-bond acceptors (Lipinski definition) is 2. The van der Waals surface area contributed by atoms with Crippen molar-refractivity contribution in [2.45, 2.75) is 38.9 Å². The van der Waals surface area contributed by atoms with E-state index in [4.69, 9.17) is 0 Å². The van der Waals surface area contributed by atoms with Gasteiger partial charge in [0.05, 0.1) is 0 Å². The van der Waals surface area contributed by atoms with Crippen LogP contribution in [0.25, 0.3) is 0 Å². The fraction of sp³-hybridized carbons (Fsp3) is 0.429. The Morgan fingerprint density at radius 1 is 1.40 bits per heavy atom. The highest BCUT2D eigenvalue weighted by molar-refractivity contribution is 9.10. The summed E-state index contributed by atoms with van der Waals surface area (Å²) < 4.78 is 14.5. The minimum atomic E-state index is -0.566. The number of nitrogens with zero attached hydrogens (tertiary/aromatic N) is 1. The van der Waals surface area contributed by atoms with E-state index in [1.807, 2.05) is 6.92 Å². The number of carbonyl (C=O) groups is 2. The third-order valence-corrected chi connectivity index (χ3v) is 3.93. The van der Waals surface area contributed by atoms with Gasteiger partial charge in [0.25, 0.3) is 0 Å². The molecule has 0 aromatic heterocycles. The second kappa shape index (κ2) is 5.91. The van der Waals surface area contributed by atoms with Crippen LogP contribution in [0, 0.1) is 5.82 Å². The van der Waals surface area contributed by atoms with E-state index in [9.17, 15) is 14.0 Å². The van der Waals surface area contributed by atoms with Gasteiger partial charge >= 0.3 is 0 Å². The van der Waals surface area contributed by atoms with Gasteiger partial charge in [-0.1, -0.05) is 28.9 Å². The molecule has 1 aliphatic rings. The highest BCUT2D eigenvalue weighted by atomic mass is 79.9. The summed E-state index contributed by atoms with van der Waals surface area (Å²) in [6.45, 7) is 3.57. The molecule has 0 aliphatic carbocycles. The van der Waals surface area contributed by atoms with E-state index in [2.05, 4.69) is 21.2 Å². The van der Waals surface area contributed by atoms with Crippen molar-refractivity contribution in [3.8, 4) is 0 Å². The van der Waals surface area contributed by atoms with Crippen molar-refractivity contribution in [2.24, 2.45) is 0 Å². The van der Waals surface area contributed by atoms with E-state index in [1.165, 1.54) is 11.0 Å². The lowest BCUT2D eigenvalue weighted by Crippen LogP contribution is -2.61. The lowest BCUT2D eigenvalue weighted by molar-refractivity contribution is -0.149. The zero-order valence-electron chi connectivity index (χ0n) is 11.3. The summed E-state index contributed by atoms with van der Waals surface area (Å²) >= 11 is 3.19. The van der Waals surface area contributed by atoms with Crippen molar-refractivity contribution in [1.82, 2.24) is 10.2 Å². The third-order valence-electron chi connectivity index (χ3n) is 3.43. The molecule has 1 fully saturated rings. The Morgan fingerprint density at radius 2 is 2.10 bits per heavy atom. The summed E-state index contributed by atoms with van der Waals surface area (Å²) in [5.41, 5.74) is 0.405. The molecule has 1 aromatic rings. The zero-order chi connectivity index (χ0) is 14.9. The molecule has 2 atom stereocenters. The zero-order valence-corrected chi connectivity index (χ0v) is 12.9. The normalized spacial score (nSPS) is 22.9. The molecule has 6 heteroatoms. The first-order valence-electron chi connectivity index (χ1n) is 6.48. The fourth-order valence-electron chi connectivity index (χ4n) is 2.34. The van der Waals surface area contributed by atoms with Crippen LogP contribution in [-0.4, -0.2) is 28.8 Å². The average Bonchev–Trinajstić information content (AvgIpc) is 2.38. The molecule has 1 aromatic carbocycles. The molecule has 2 unspecified atom stereocenters. The first-order valence-corrected chi connectivity index (χ1v) is 7.28. The van der Waals surface area contributed by atoms with Crippen LogP contribution >= 0.6 is 15.9 Å². The monoisotopic (exact) mass is 342 g/mol. The molecule has 1 N–H and O–H groups in total. The molecule has 0 spiro atoms. The van der Waals surface area contributed by atoms with Crippen molar-refractivity contribution in [3.05, 3.63) is 34.1 Å². The highest BCUT2D eigenvalue weighted by Gasteiger charge is 2.37. The van der Waals surface area contributed by atoms with Gasteiger partial charge in [-0.05, 0) is 25.5 Å². The Bertz CT molecular complexity index is 550. The van der Waals surface area contributed by atoms with Crippen molar-refractivity contribution in [2.75, 3.05) is 0 Å². The predicted octanol–water partition coefficient (Wildman–Crippen LogP) is 2.21. The lowest BCUT2D eigenvalue weighted by Gasteiger charge is -2.37. The maximum Gasteiger partial charge on any atom is 0.245 e. The van der Waals surface area contributed by atoms with Gasteiger partial charge in [0.1, 0.15) is 17.9 Å². The van der Waals surface area contributed by atoms with E-state index < -0.39 is 12.1 Å². The third kappa shape index (κ3) is 2.85. The van der Waals surface area contributed by atoms with Crippen molar-refractivity contribution >= 4 is 27.7 Å². The first kappa shape index (κ1) is 15.0. The number of halogens is 2. The minimum absolute atomic E-state index is 0.105. The van der Waals surface area contributed by atoms with Crippen molar-refractivity contribution < 1.29 is 14.0 Å². The summed E-state index contributed by atoms with van der Waals surface area (Å²) in [4.78, 5) is 25.6. The molecule has 0 radical (unpaired) electrons. The van der Waals surface area contributed by atoms with Crippen LogP contribution in [0.5, 0.6) is 0 Å². The van der Waals surface area contributed by atoms with Crippen molar-refractivity contribution in [3.63, 3.8) is 0 Å². The second-order valence-electron chi connectivity index (χ2n) is 4.86. The van der Waals surface area contributed by atoms with Crippen LogP contribution in [0.2, 0.25) is 0 Å². The molecule has 2 rings (SSSR count). The van der Waals surface area contributed by atoms with Crippen LogP contribution in [0.4, 0.5) is 4.39 Å². The number of rotatable bonds is 3. The van der Waals surface area contributed by atoms with Gasteiger partial charge < -0.3 is 10.2 Å². The molecular formula is C14H16BrFN2O2. The van der Waals surface area contributed by atoms with Crippen LogP contribution < -0.4 is 5.32 Å². The summed E-state index contributed by atoms with van der Waals surface area (Å²) in [6.07, 6.45) is 0.502. The highest BCUT2D eigenvalue weighted by Crippen LogP contribution is 2.21. The van der Waals surface area contributed by atoms with Crippen LogP contribution in [0.1, 0.15) is 25.8 Å². The molecule has 0 saturated carbocycles. The van der Waals surface area contributed by atoms with Gasteiger partial charge in [-0.2, -0.15) is 0 Å². The van der Waals surface area contributed by atoms with Gasteiger partial charge in [-0.15, -0.1) is 0 Å². The molecule has 20 heavy (non-hydrogen) atoms. The number of amides is 2. The van der Waals surface area contributed by atoms with E-state index in [1.54, 1.807) is 19.1 Å². The van der Waals surface area contributed by atoms with E-state index in [-0.39, 0.29) is 24.2 Å². The smallest absolute Gasteiger partial charge is 0.245 e. The Labute approximate surface area is 125 Å². The van der Waals surface area contributed by atoms with Gasteiger partial charge in [0, 0.05) is 16.6 Å². The Morgan fingerprint density at radius 3 is 2.70 bits per heavy atom. The minimum Gasteiger partial charge on any atom is -0.343 e. The van der Waals surface area contributed by atoms with E-state index in [0.29, 0.717) is 16.5 Å². The number of piperazine rings is 1. The number of carbonyl (C=O) groups excluding carboxylic acids is 2. The molecule has 108 valence electrons. The summed E-state index contributed by atoms with van der Waals surface area (Å²) in [7, 11) is 0. The largest absolute Gasteiger partial charge is 0.343 e. The molecule has 4 nitrogen and oxygen atoms in total. The fourth-order valence-corrected chi connectivity index (χ4v) is 2.68. The van der Waals surface area contributed by atoms with Gasteiger partial charge in [-0.3, -0.25) is 9.59 Å². The maximum atomic E-state index is 13.9. The summed E-state index contributed by atoms with van der Waals surface area (Å²) in [5.74, 6) is -0.753. The predicted molar refractivity (Wildman–Crippen MR) is 76.3 cm³/mol. The van der Waals surface area contributed by atoms with Gasteiger partial charge in [-0.25, -0.2) is 4.39 Å². The van der Waals surface area contributed by atoms with E-state index >= 15 is 0 Å². The van der Waals surface area contributed by atoms with Gasteiger partial charge in [0.15, 0.2) is 0 Å². The molecular weight excluding hydrogens is 327 g/mol. The van der Waals surface area contributed by atoms with Crippen molar-refractivity contribution in [1.29, 1.82) is 0 Å². The van der Waals surface area contributed by atoms with Crippen LogP contribution in [-0.2, 0) is 16.1 Å². The SMILES string of the molecule is CCC1C(=O)NC(C)C(=O)N1Cc1ccc(Br)cc1F. The molecule has 1 aliphatic heterocycles. The molecule has 0 bridgehead atoms. The number of nitrogens with one attached hydrogen (secondary N) is 1. The molecule has 2 amide bonds. The topological polar surface area (TPSA) is 49.4 Å². The lowest BCUT2D eigenvalue weighted by atomic mass is 10.0. The Hall–Kier alpha value is -1.43. The van der Waals surface area contributed by atoms with E-state index in [0.717, 1.165) is 0 Å². The van der Waals surface area contributed by atoms with Crippen LogP contribution in [0.3, 0.4) is 0 Å². The maximum absolute atomic E-state index is 13.9. The summed E-state index contributed by atoms with van der Waals surface area (Å²) in [5, 5.41) is 2.64. The number of benzene rings is 1. The standard InChI is InChI=1S/C14H16BrFN2O2/c1-3-12-13(19)17-8(2)14(20)18(12)7-9-4-5-10(15)6-11(9)16/h4-6,8,12H,3,7H2,1-2H3,(H,17,19). The Balaban J connectivity index is 2.28. The second-order valence-corrected chi connectivity index (χ2v) is 5.77. The van der Waals surface area contributed by atoms with Crippen LogP contribution in [0.15, 0.2) is 22.7 Å². The van der Waals surface area contributed by atoms with Gasteiger partial charge in [0.2, 0.25) is 11.8 Å².